The van der Waals surface area contributed by atoms with E-state index >= 15 is 0 Å². The number of hydrogen-bond donors (Lipinski definition) is 11. The first kappa shape index (κ1) is 35.3. The number of hydrogen-bond acceptors (Lipinski definition) is 8. The predicted molar refractivity (Wildman–Crippen MR) is 165 cm³/mol. The average Bonchev–Trinajstić information content (AvgIpc) is 3.37. The standard InChI is InChI=1S/C27H43N11O6/c1-14(39)21(28)24(42)36-18(8-4-10-33-26(29)30)22(40)38-20(12-15-13-35-17-7-3-2-6-16(15)17)23(41)37-19(25(43)44)9-5-11-34-27(31)32/h2-3,6-7,13-14,18-21,35,39H,4-5,8-12,28H2,1H3,(H,36,42)(H,37,41)(H,38,40)(H,43,44)(H4,29,30,33)(H4,31,32,34). The summed E-state index contributed by atoms with van der Waals surface area (Å²) in [6.45, 7) is 1.65. The first-order chi connectivity index (χ1) is 20.8. The van der Waals surface area contributed by atoms with E-state index in [2.05, 4.69) is 30.9 Å². The number of guanidine groups is 2. The average molecular weight is 618 g/mol. The zero-order valence-corrected chi connectivity index (χ0v) is 24.5. The summed E-state index contributed by atoms with van der Waals surface area (Å²) in [7, 11) is 0. The van der Waals surface area contributed by atoms with Gasteiger partial charge in [0, 0.05) is 36.6 Å². The Morgan fingerprint density at radius 1 is 0.841 bits per heavy atom. The van der Waals surface area contributed by atoms with E-state index in [4.69, 9.17) is 28.7 Å². The molecule has 0 aliphatic rings. The monoisotopic (exact) mass is 617 g/mol. The summed E-state index contributed by atoms with van der Waals surface area (Å²) in [4.78, 5) is 62.4. The van der Waals surface area contributed by atoms with Crippen molar-refractivity contribution in [3.8, 4) is 0 Å². The number of aromatic nitrogens is 1. The number of carbonyl (C=O) groups is 4. The molecule has 0 aliphatic heterocycles. The van der Waals surface area contributed by atoms with E-state index < -0.39 is 54.0 Å². The van der Waals surface area contributed by atoms with Gasteiger partial charge in [-0.25, -0.2) is 4.79 Å². The molecule has 1 aromatic heterocycles. The van der Waals surface area contributed by atoms with Gasteiger partial charge in [0.2, 0.25) is 17.7 Å². The fraction of sp³-hybridized carbons (Fsp3) is 0.481. The first-order valence-corrected chi connectivity index (χ1v) is 14.0. The fourth-order valence-electron chi connectivity index (χ4n) is 4.29. The number of carbonyl (C=O) groups excluding carboxylic acids is 3. The van der Waals surface area contributed by atoms with E-state index in [1.54, 1.807) is 6.20 Å². The number of nitrogens with zero attached hydrogens (tertiary/aromatic N) is 2. The highest BCUT2D eigenvalue weighted by Crippen LogP contribution is 2.19. The number of rotatable bonds is 18. The van der Waals surface area contributed by atoms with Gasteiger partial charge in [0.15, 0.2) is 11.9 Å². The predicted octanol–water partition coefficient (Wildman–Crippen LogP) is -2.94. The zero-order valence-electron chi connectivity index (χ0n) is 24.5. The van der Waals surface area contributed by atoms with Crippen LogP contribution in [0.1, 0.15) is 38.2 Å². The molecule has 16 N–H and O–H groups in total. The Balaban J connectivity index is 2.32. The lowest BCUT2D eigenvalue weighted by Gasteiger charge is -2.25. The Hall–Kier alpha value is -4.90. The normalized spacial score (nSPS) is 14.3. The van der Waals surface area contributed by atoms with Crippen LogP contribution in [0.25, 0.3) is 10.9 Å². The molecular formula is C27H43N11O6. The summed E-state index contributed by atoms with van der Waals surface area (Å²) in [6, 6.07) is 2.29. The van der Waals surface area contributed by atoms with Gasteiger partial charge >= 0.3 is 5.97 Å². The van der Waals surface area contributed by atoms with Crippen molar-refractivity contribution >= 4 is 46.5 Å². The van der Waals surface area contributed by atoms with Crippen LogP contribution in [-0.2, 0) is 25.6 Å². The molecule has 5 unspecified atom stereocenters. The molecule has 0 spiro atoms. The highest BCUT2D eigenvalue weighted by molar-refractivity contribution is 5.95. The summed E-state index contributed by atoms with van der Waals surface area (Å²) in [5.41, 5.74) is 28.6. The molecule has 242 valence electrons. The zero-order chi connectivity index (χ0) is 32.8. The molecule has 0 saturated heterocycles. The molecule has 2 aromatic rings. The molecule has 17 nitrogen and oxygen atoms in total. The van der Waals surface area contributed by atoms with Gasteiger partial charge in [-0.1, -0.05) is 18.2 Å². The van der Waals surface area contributed by atoms with Gasteiger partial charge in [-0.15, -0.1) is 0 Å². The van der Waals surface area contributed by atoms with Gasteiger partial charge in [0.25, 0.3) is 0 Å². The van der Waals surface area contributed by atoms with E-state index in [9.17, 15) is 29.4 Å². The van der Waals surface area contributed by atoms with Crippen LogP contribution in [0, 0.1) is 0 Å². The molecule has 5 atom stereocenters. The topological polar surface area (TPSA) is 315 Å². The lowest BCUT2D eigenvalue weighted by atomic mass is 10.0. The van der Waals surface area contributed by atoms with Crippen molar-refractivity contribution in [3.05, 3.63) is 36.0 Å². The number of H-pyrrole nitrogens is 1. The van der Waals surface area contributed by atoms with Crippen molar-refractivity contribution in [2.45, 2.75) is 69.3 Å². The molecule has 3 amide bonds. The Morgan fingerprint density at radius 2 is 1.36 bits per heavy atom. The van der Waals surface area contributed by atoms with Crippen LogP contribution >= 0.6 is 0 Å². The molecule has 44 heavy (non-hydrogen) atoms. The third-order valence-electron chi connectivity index (χ3n) is 6.69. The highest BCUT2D eigenvalue weighted by Gasteiger charge is 2.31. The number of nitrogens with two attached hydrogens (primary N) is 5. The third kappa shape index (κ3) is 11.4. The Morgan fingerprint density at radius 3 is 1.93 bits per heavy atom. The van der Waals surface area contributed by atoms with Crippen LogP contribution in [-0.4, -0.2) is 94.2 Å². The number of benzene rings is 1. The molecule has 0 bridgehead atoms. The number of aliphatic carboxylic acids is 1. The molecule has 1 heterocycles. The van der Waals surface area contributed by atoms with E-state index in [1.807, 2.05) is 24.3 Å². The van der Waals surface area contributed by atoms with E-state index in [0.29, 0.717) is 5.56 Å². The van der Waals surface area contributed by atoms with Crippen LogP contribution in [0.2, 0.25) is 0 Å². The van der Waals surface area contributed by atoms with Crippen molar-refractivity contribution in [1.29, 1.82) is 0 Å². The number of para-hydroxylation sites is 1. The van der Waals surface area contributed by atoms with Crippen molar-refractivity contribution in [3.63, 3.8) is 0 Å². The number of carboxylic acids is 1. The number of aliphatic imine (C=N–C) groups is 2. The lowest BCUT2D eigenvalue weighted by molar-refractivity contribution is -0.142. The second-order valence-electron chi connectivity index (χ2n) is 10.2. The molecule has 0 saturated carbocycles. The minimum absolute atomic E-state index is 0.0101. The first-order valence-electron chi connectivity index (χ1n) is 14.0. The SMILES string of the molecule is CC(O)C(N)C(=O)NC(CCCN=C(N)N)C(=O)NC(Cc1c[nH]c2ccccc12)C(=O)NC(CCCN=C(N)N)C(=O)O. The molecule has 0 fully saturated rings. The van der Waals surface area contributed by atoms with Gasteiger partial charge in [0.05, 0.1) is 6.10 Å². The van der Waals surface area contributed by atoms with Crippen molar-refractivity contribution in [1.82, 2.24) is 20.9 Å². The van der Waals surface area contributed by atoms with Crippen molar-refractivity contribution in [2.24, 2.45) is 38.7 Å². The molecule has 1 aromatic carbocycles. The number of amides is 3. The van der Waals surface area contributed by atoms with Gasteiger partial charge < -0.3 is 59.8 Å². The number of aromatic amines is 1. The largest absolute Gasteiger partial charge is 0.480 e. The van der Waals surface area contributed by atoms with Crippen molar-refractivity contribution < 1.29 is 29.4 Å². The Kier molecular flexibility index (Phi) is 13.9. The summed E-state index contributed by atoms with van der Waals surface area (Å²) in [5.74, 6) is -3.85. The molecule has 0 aliphatic carbocycles. The van der Waals surface area contributed by atoms with Crippen LogP contribution in [0.5, 0.6) is 0 Å². The summed E-state index contributed by atoms with van der Waals surface area (Å²) >= 11 is 0. The smallest absolute Gasteiger partial charge is 0.326 e. The number of nitrogens with one attached hydrogen (secondary N) is 4. The van der Waals surface area contributed by atoms with Gasteiger partial charge in [-0.3, -0.25) is 24.4 Å². The summed E-state index contributed by atoms with van der Waals surface area (Å²) < 4.78 is 0. The van der Waals surface area contributed by atoms with Crippen LogP contribution < -0.4 is 44.6 Å². The fourth-order valence-corrected chi connectivity index (χ4v) is 4.29. The minimum Gasteiger partial charge on any atom is -0.480 e. The summed E-state index contributed by atoms with van der Waals surface area (Å²) in [5, 5.41) is 27.9. The Labute approximate surface area is 254 Å². The van der Waals surface area contributed by atoms with Gasteiger partial charge in [-0.05, 0) is 44.2 Å². The van der Waals surface area contributed by atoms with Crippen LogP contribution in [0.15, 0.2) is 40.4 Å². The number of carboxylic acid groups (broad SMARTS) is 1. The molecule has 17 heteroatoms. The minimum atomic E-state index is -1.32. The second kappa shape index (κ2) is 17.3. The second-order valence-corrected chi connectivity index (χ2v) is 10.2. The van der Waals surface area contributed by atoms with Crippen LogP contribution in [0.3, 0.4) is 0 Å². The maximum Gasteiger partial charge on any atom is 0.326 e. The number of fused-ring (bicyclic) bond motifs is 1. The third-order valence-corrected chi connectivity index (χ3v) is 6.69. The number of aliphatic hydroxyl groups excluding tert-OH is 1. The molecule has 2 rings (SSSR count). The van der Waals surface area contributed by atoms with Crippen LogP contribution in [0.4, 0.5) is 0 Å². The quantitative estimate of drug-likeness (QED) is 0.0456. The van der Waals surface area contributed by atoms with Crippen molar-refractivity contribution in [2.75, 3.05) is 13.1 Å². The summed E-state index contributed by atoms with van der Waals surface area (Å²) in [6.07, 6.45) is 1.11. The van der Waals surface area contributed by atoms with Gasteiger partial charge in [0.1, 0.15) is 24.2 Å². The lowest BCUT2D eigenvalue weighted by Crippen LogP contribution is -2.58. The maximum absolute atomic E-state index is 13.5. The van der Waals surface area contributed by atoms with E-state index in [-0.39, 0.29) is 57.1 Å². The van der Waals surface area contributed by atoms with E-state index in [1.165, 1.54) is 6.92 Å². The molecule has 0 radical (unpaired) electrons. The molecular weight excluding hydrogens is 574 g/mol. The maximum atomic E-state index is 13.5. The van der Waals surface area contributed by atoms with Gasteiger partial charge in [-0.2, -0.15) is 0 Å². The number of aliphatic hydroxyl groups is 1. The highest BCUT2D eigenvalue weighted by atomic mass is 16.4. The Bertz CT molecular complexity index is 1330. The van der Waals surface area contributed by atoms with E-state index in [0.717, 1.165) is 10.9 Å².